The van der Waals surface area contributed by atoms with E-state index >= 15 is 0 Å². The Morgan fingerprint density at radius 2 is 1.72 bits per heavy atom. The second-order valence-electron chi connectivity index (χ2n) is 6.58. The highest BCUT2D eigenvalue weighted by Crippen LogP contribution is 2.35. The van der Waals surface area contributed by atoms with Crippen molar-refractivity contribution in [2.45, 2.75) is 20.0 Å². The van der Waals surface area contributed by atoms with Crippen LogP contribution in [0.4, 0.5) is 13.2 Å². The Bertz CT molecular complexity index is 1150. The van der Waals surface area contributed by atoms with Crippen LogP contribution in [-0.4, -0.2) is 50.9 Å². The Hall–Kier alpha value is -2.78. The standard InChI is InChI=1S/C19H19Cl2N3O.C2HF3O2.H2/c1-4-24(5-2)19(25)18-15-8-6-7-14(17(15)22-23(18)3)13-10-9-12(20)11-16(13)21;3-2(4,5)1(6)7;/h6-11H,4-5H2,1-3H3;(H,6,7);1H. The van der Waals surface area contributed by atoms with Crippen LogP contribution >= 0.6 is 23.2 Å². The summed E-state index contributed by atoms with van der Waals surface area (Å²) >= 11 is 12.4. The maximum atomic E-state index is 12.9. The van der Waals surface area contributed by atoms with Crippen LogP contribution in [0, 0.1) is 0 Å². The number of fused-ring (bicyclic) bond motifs is 1. The number of carbonyl (C=O) groups excluding carboxylic acids is 1. The molecular weight excluding hydrogens is 470 g/mol. The number of hydrogen-bond acceptors (Lipinski definition) is 3. The molecule has 0 aliphatic heterocycles. The molecule has 0 saturated heterocycles. The van der Waals surface area contributed by atoms with Gasteiger partial charge >= 0.3 is 12.1 Å². The lowest BCUT2D eigenvalue weighted by Crippen LogP contribution is -2.32. The number of carboxylic acids is 1. The van der Waals surface area contributed by atoms with Crippen LogP contribution in [0.1, 0.15) is 25.8 Å². The van der Waals surface area contributed by atoms with Crippen molar-refractivity contribution in [2.24, 2.45) is 7.05 Å². The molecular formula is C21H22Cl2F3N3O3. The predicted octanol–water partition coefficient (Wildman–Crippen LogP) is 5.91. The fourth-order valence-electron chi connectivity index (χ4n) is 3.06. The van der Waals surface area contributed by atoms with Gasteiger partial charge in [-0.05, 0) is 26.0 Å². The molecule has 0 aliphatic carbocycles. The van der Waals surface area contributed by atoms with Crippen molar-refractivity contribution in [1.82, 2.24) is 14.7 Å². The molecule has 3 aromatic rings. The van der Waals surface area contributed by atoms with Gasteiger partial charge in [-0.3, -0.25) is 9.48 Å². The van der Waals surface area contributed by atoms with E-state index in [-0.39, 0.29) is 7.33 Å². The lowest BCUT2D eigenvalue weighted by molar-refractivity contribution is -0.192. The number of benzene rings is 2. The van der Waals surface area contributed by atoms with Gasteiger partial charge in [0.1, 0.15) is 11.2 Å². The number of aromatic nitrogens is 2. The van der Waals surface area contributed by atoms with Crippen molar-refractivity contribution in [3.8, 4) is 11.1 Å². The summed E-state index contributed by atoms with van der Waals surface area (Å²) in [5, 5.41) is 13.7. The molecule has 2 aromatic carbocycles. The second-order valence-corrected chi connectivity index (χ2v) is 7.42. The van der Waals surface area contributed by atoms with E-state index in [0.717, 1.165) is 22.0 Å². The molecule has 0 fully saturated rings. The molecule has 0 radical (unpaired) electrons. The van der Waals surface area contributed by atoms with Crippen molar-refractivity contribution >= 4 is 46.0 Å². The van der Waals surface area contributed by atoms with Crippen molar-refractivity contribution in [2.75, 3.05) is 13.1 Å². The summed E-state index contributed by atoms with van der Waals surface area (Å²) in [6, 6.07) is 11.2. The number of carboxylic acid groups (broad SMARTS) is 1. The maximum absolute atomic E-state index is 12.9. The first kappa shape index (κ1) is 25.5. The van der Waals surface area contributed by atoms with Gasteiger partial charge in [-0.2, -0.15) is 18.3 Å². The lowest BCUT2D eigenvalue weighted by Gasteiger charge is -2.18. The smallest absolute Gasteiger partial charge is 0.475 e. The highest BCUT2D eigenvalue weighted by atomic mass is 35.5. The van der Waals surface area contributed by atoms with Gasteiger partial charge in [0.15, 0.2) is 0 Å². The third kappa shape index (κ3) is 5.52. The summed E-state index contributed by atoms with van der Waals surface area (Å²) in [6.07, 6.45) is -5.08. The minimum absolute atomic E-state index is 0. The summed E-state index contributed by atoms with van der Waals surface area (Å²) in [4.78, 5) is 23.6. The zero-order valence-corrected chi connectivity index (χ0v) is 18.9. The quantitative estimate of drug-likeness (QED) is 0.492. The molecule has 6 nitrogen and oxygen atoms in total. The summed E-state index contributed by atoms with van der Waals surface area (Å²) in [5.74, 6) is -2.78. The number of rotatable bonds is 4. The normalized spacial score (nSPS) is 11.1. The Balaban J connectivity index is 0.000000595. The summed E-state index contributed by atoms with van der Waals surface area (Å²) < 4.78 is 33.4. The van der Waals surface area contributed by atoms with E-state index in [4.69, 9.17) is 33.1 Å². The molecule has 0 unspecified atom stereocenters. The minimum Gasteiger partial charge on any atom is -0.475 e. The van der Waals surface area contributed by atoms with Gasteiger partial charge in [0, 0.05) is 48.1 Å². The number of alkyl halides is 3. The van der Waals surface area contributed by atoms with E-state index < -0.39 is 12.1 Å². The summed E-state index contributed by atoms with van der Waals surface area (Å²) in [5.41, 5.74) is 3.07. The van der Waals surface area contributed by atoms with Crippen LogP contribution in [0.5, 0.6) is 0 Å². The first-order valence-corrected chi connectivity index (χ1v) is 10.2. The van der Waals surface area contributed by atoms with Gasteiger partial charge in [0.05, 0.1) is 0 Å². The van der Waals surface area contributed by atoms with Crippen LogP contribution in [0.2, 0.25) is 10.0 Å². The number of aliphatic carboxylic acids is 1. The van der Waals surface area contributed by atoms with Gasteiger partial charge in [-0.1, -0.05) is 47.5 Å². The van der Waals surface area contributed by atoms with E-state index in [9.17, 15) is 18.0 Å². The molecule has 0 saturated carbocycles. The van der Waals surface area contributed by atoms with E-state index in [2.05, 4.69) is 5.10 Å². The monoisotopic (exact) mass is 491 g/mol. The molecule has 32 heavy (non-hydrogen) atoms. The van der Waals surface area contributed by atoms with E-state index in [1.54, 1.807) is 28.8 Å². The highest BCUT2D eigenvalue weighted by molar-refractivity contribution is 6.36. The van der Waals surface area contributed by atoms with Crippen molar-refractivity contribution in [3.05, 3.63) is 52.1 Å². The van der Waals surface area contributed by atoms with Gasteiger partial charge in [0.25, 0.3) is 5.91 Å². The topological polar surface area (TPSA) is 75.4 Å². The Morgan fingerprint density at radius 1 is 1.12 bits per heavy atom. The second kappa shape index (κ2) is 10.2. The minimum atomic E-state index is -5.08. The number of hydrogen-bond donors (Lipinski definition) is 1. The number of halogens is 5. The van der Waals surface area contributed by atoms with Gasteiger partial charge in [0.2, 0.25) is 0 Å². The zero-order chi connectivity index (χ0) is 24.2. The van der Waals surface area contributed by atoms with Gasteiger partial charge < -0.3 is 10.0 Å². The van der Waals surface area contributed by atoms with E-state index in [0.29, 0.717) is 28.8 Å². The van der Waals surface area contributed by atoms with E-state index in [1.165, 1.54) is 0 Å². The zero-order valence-electron chi connectivity index (χ0n) is 17.4. The molecule has 1 N–H and O–H groups in total. The molecule has 3 rings (SSSR count). The van der Waals surface area contributed by atoms with Crippen LogP contribution in [-0.2, 0) is 11.8 Å². The molecule has 11 heteroatoms. The largest absolute Gasteiger partial charge is 0.490 e. The average molecular weight is 492 g/mol. The van der Waals surface area contributed by atoms with E-state index in [1.807, 2.05) is 38.1 Å². The number of aryl methyl sites for hydroxylation is 1. The maximum Gasteiger partial charge on any atom is 0.490 e. The predicted molar refractivity (Wildman–Crippen MR) is 119 cm³/mol. The van der Waals surface area contributed by atoms with Crippen molar-refractivity contribution < 1.29 is 29.3 Å². The summed E-state index contributed by atoms with van der Waals surface area (Å²) in [6.45, 7) is 5.26. The molecule has 174 valence electrons. The number of nitrogens with zero attached hydrogens (tertiary/aromatic N) is 3. The molecule has 0 atom stereocenters. The first-order chi connectivity index (χ1) is 14.9. The third-order valence-electron chi connectivity index (χ3n) is 4.58. The Morgan fingerprint density at radius 3 is 2.22 bits per heavy atom. The van der Waals surface area contributed by atoms with Crippen molar-refractivity contribution in [3.63, 3.8) is 0 Å². The first-order valence-electron chi connectivity index (χ1n) is 9.42. The third-order valence-corrected chi connectivity index (χ3v) is 5.13. The van der Waals surface area contributed by atoms with Crippen molar-refractivity contribution in [1.29, 1.82) is 0 Å². The van der Waals surface area contributed by atoms with Crippen LogP contribution in [0.25, 0.3) is 22.0 Å². The Kier molecular flexibility index (Phi) is 8.14. The van der Waals surface area contributed by atoms with Gasteiger partial charge in [-0.25, -0.2) is 4.79 Å². The highest BCUT2D eigenvalue weighted by Gasteiger charge is 2.38. The molecule has 1 amide bonds. The summed E-state index contributed by atoms with van der Waals surface area (Å²) in [7, 11) is 1.80. The Labute approximate surface area is 193 Å². The van der Waals surface area contributed by atoms with Crippen LogP contribution < -0.4 is 0 Å². The SMILES string of the molecule is CCN(CC)C(=O)c1c2cccc(-c3ccc(Cl)cc3Cl)c2nn1C.O=C(O)C(F)(F)F.[HH]. The van der Waals surface area contributed by atoms with Crippen LogP contribution in [0.15, 0.2) is 36.4 Å². The van der Waals surface area contributed by atoms with Gasteiger partial charge in [-0.15, -0.1) is 0 Å². The fraction of sp³-hybridized carbons (Fsp3) is 0.286. The van der Waals surface area contributed by atoms with Crippen LogP contribution in [0.3, 0.4) is 0 Å². The molecule has 0 aliphatic rings. The average Bonchev–Trinajstić information content (AvgIpc) is 3.04. The fourth-order valence-corrected chi connectivity index (χ4v) is 3.57. The molecule has 1 aromatic heterocycles. The number of carbonyl (C=O) groups is 2. The number of amides is 1. The molecule has 1 heterocycles. The lowest BCUT2D eigenvalue weighted by atomic mass is 10.0. The molecule has 0 spiro atoms. The molecule has 0 bridgehead atoms.